The van der Waals surface area contributed by atoms with E-state index in [0.717, 1.165) is 24.3 Å². The van der Waals surface area contributed by atoms with Gasteiger partial charge in [0.1, 0.15) is 0 Å². The van der Waals surface area contributed by atoms with Crippen LogP contribution in [0.15, 0.2) is 60.9 Å². The molecular weight excluding hydrogens is 326 g/mol. The lowest BCUT2D eigenvalue weighted by atomic mass is 10.1. The van der Waals surface area contributed by atoms with Crippen molar-refractivity contribution in [2.24, 2.45) is 0 Å². The van der Waals surface area contributed by atoms with Crippen LogP contribution < -0.4 is 10.2 Å². The van der Waals surface area contributed by atoms with Crippen LogP contribution in [0, 0.1) is 6.92 Å². The predicted molar refractivity (Wildman–Crippen MR) is 102 cm³/mol. The number of nitrogens with zero attached hydrogens (tertiary/aromatic N) is 4. The molecule has 2 heterocycles. The third-order valence-corrected chi connectivity index (χ3v) is 4.08. The number of benzene rings is 1. The van der Waals surface area contributed by atoms with Crippen molar-refractivity contribution >= 4 is 17.5 Å². The Morgan fingerprint density at radius 3 is 2.38 bits per heavy atom. The minimum atomic E-state index is -0.196. The SMILES string of the molecule is Cc1ccc(C(=O)Nc2ccc(N(C)CCc3ccncc3)nn2)cc1. The molecule has 132 valence electrons. The smallest absolute Gasteiger partial charge is 0.256 e. The van der Waals surface area contributed by atoms with E-state index in [-0.39, 0.29) is 5.91 Å². The number of aryl methyl sites for hydroxylation is 1. The first-order valence-electron chi connectivity index (χ1n) is 8.43. The molecule has 0 aliphatic heterocycles. The van der Waals surface area contributed by atoms with Gasteiger partial charge >= 0.3 is 0 Å². The fraction of sp³-hybridized carbons (Fsp3) is 0.200. The van der Waals surface area contributed by atoms with E-state index in [0.29, 0.717) is 11.4 Å². The maximum atomic E-state index is 12.2. The molecule has 0 unspecified atom stereocenters. The molecule has 0 saturated heterocycles. The Hall–Kier alpha value is -3.28. The predicted octanol–water partition coefficient (Wildman–Crippen LogP) is 3.11. The van der Waals surface area contributed by atoms with Gasteiger partial charge in [0.05, 0.1) is 0 Å². The maximum Gasteiger partial charge on any atom is 0.256 e. The average molecular weight is 347 g/mol. The number of carbonyl (C=O) groups excluding carboxylic acids is 1. The molecule has 6 heteroatoms. The fourth-order valence-corrected chi connectivity index (χ4v) is 2.45. The van der Waals surface area contributed by atoms with E-state index in [1.807, 2.05) is 49.2 Å². The number of likely N-dealkylation sites (N-methyl/N-ethyl adjacent to an activating group) is 1. The fourth-order valence-electron chi connectivity index (χ4n) is 2.45. The lowest BCUT2D eigenvalue weighted by molar-refractivity contribution is 0.102. The molecule has 1 amide bonds. The van der Waals surface area contributed by atoms with Gasteiger partial charge in [-0.1, -0.05) is 17.7 Å². The van der Waals surface area contributed by atoms with Gasteiger partial charge in [-0.15, -0.1) is 10.2 Å². The Kier molecular flexibility index (Phi) is 5.53. The summed E-state index contributed by atoms with van der Waals surface area (Å²) in [5.74, 6) is 0.993. The molecule has 0 fully saturated rings. The number of aromatic nitrogens is 3. The van der Waals surface area contributed by atoms with Crippen LogP contribution in [0.25, 0.3) is 0 Å². The van der Waals surface area contributed by atoms with Crippen molar-refractivity contribution in [2.45, 2.75) is 13.3 Å². The van der Waals surface area contributed by atoms with Gasteiger partial charge in [0.25, 0.3) is 5.91 Å². The summed E-state index contributed by atoms with van der Waals surface area (Å²) >= 11 is 0. The number of hydrogen-bond donors (Lipinski definition) is 1. The summed E-state index contributed by atoms with van der Waals surface area (Å²) in [5, 5.41) is 11.1. The van der Waals surface area contributed by atoms with Crippen molar-refractivity contribution < 1.29 is 4.79 Å². The molecule has 0 atom stereocenters. The molecule has 0 aliphatic rings. The lowest BCUT2D eigenvalue weighted by Gasteiger charge is -2.17. The van der Waals surface area contributed by atoms with Crippen LogP contribution in [-0.4, -0.2) is 34.7 Å². The summed E-state index contributed by atoms with van der Waals surface area (Å²) in [6, 6.07) is 15.0. The third-order valence-electron chi connectivity index (χ3n) is 4.08. The van der Waals surface area contributed by atoms with Gasteiger partial charge in [0.15, 0.2) is 11.6 Å². The van der Waals surface area contributed by atoms with Crippen molar-refractivity contribution in [3.63, 3.8) is 0 Å². The first kappa shape index (κ1) is 17.5. The number of carbonyl (C=O) groups is 1. The van der Waals surface area contributed by atoms with Crippen LogP contribution in [0.1, 0.15) is 21.5 Å². The number of nitrogens with one attached hydrogen (secondary N) is 1. The number of pyridine rings is 1. The highest BCUT2D eigenvalue weighted by atomic mass is 16.1. The standard InChI is InChI=1S/C20H21N5O/c1-15-3-5-17(6-4-15)20(26)22-18-7-8-19(24-23-18)25(2)14-11-16-9-12-21-13-10-16/h3-10,12-13H,11,14H2,1-2H3,(H,22,23,26). The number of rotatable bonds is 6. The van der Waals surface area contributed by atoms with E-state index in [1.54, 1.807) is 30.6 Å². The van der Waals surface area contributed by atoms with Crippen molar-refractivity contribution in [3.05, 3.63) is 77.6 Å². The number of anilines is 2. The Morgan fingerprint density at radius 2 is 1.73 bits per heavy atom. The van der Waals surface area contributed by atoms with Gasteiger partial charge in [0, 0.05) is 31.5 Å². The van der Waals surface area contributed by atoms with Crippen LogP contribution in [0.5, 0.6) is 0 Å². The van der Waals surface area contributed by atoms with Crippen LogP contribution in [0.3, 0.4) is 0 Å². The van der Waals surface area contributed by atoms with E-state index in [9.17, 15) is 4.79 Å². The number of amides is 1. The van der Waals surface area contributed by atoms with E-state index in [2.05, 4.69) is 20.5 Å². The minimum absolute atomic E-state index is 0.196. The van der Waals surface area contributed by atoms with Gasteiger partial charge < -0.3 is 10.2 Å². The summed E-state index contributed by atoms with van der Waals surface area (Å²) in [7, 11) is 1.97. The molecule has 0 bridgehead atoms. The average Bonchev–Trinajstić information content (AvgIpc) is 2.68. The second-order valence-electron chi connectivity index (χ2n) is 6.12. The molecule has 0 spiro atoms. The molecule has 0 radical (unpaired) electrons. The summed E-state index contributed by atoms with van der Waals surface area (Å²) in [6.07, 6.45) is 4.48. The molecule has 26 heavy (non-hydrogen) atoms. The topological polar surface area (TPSA) is 71.0 Å². The largest absolute Gasteiger partial charge is 0.358 e. The first-order chi connectivity index (χ1) is 12.6. The highest BCUT2D eigenvalue weighted by Gasteiger charge is 2.08. The third kappa shape index (κ3) is 4.63. The molecule has 0 saturated carbocycles. The Bertz CT molecular complexity index is 848. The van der Waals surface area contributed by atoms with Gasteiger partial charge in [0.2, 0.25) is 0 Å². The van der Waals surface area contributed by atoms with Gasteiger partial charge in [-0.2, -0.15) is 0 Å². The minimum Gasteiger partial charge on any atom is -0.358 e. The summed E-state index contributed by atoms with van der Waals surface area (Å²) in [4.78, 5) is 18.3. The molecule has 1 aromatic carbocycles. The van der Waals surface area contributed by atoms with E-state index >= 15 is 0 Å². The molecule has 3 rings (SSSR count). The van der Waals surface area contributed by atoms with Crippen LogP contribution >= 0.6 is 0 Å². The quantitative estimate of drug-likeness (QED) is 0.742. The highest BCUT2D eigenvalue weighted by molar-refractivity contribution is 6.03. The summed E-state index contributed by atoms with van der Waals surface area (Å²) in [5.41, 5.74) is 2.93. The van der Waals surface area contributed by atoms with Crippen molar-refractivity contribution in [2.75, 3.05) is 23.8 Å². The highest BCUT2D eigenvalue weighted by Crippen LogP contribution is 2.12. The van der Waals surface area contributed by atoms with Crippen molar-refractivity contribution in [3.8, 4) is 0 Å². The van der Waals surface area contributed by atoms with Gasteiger partial charge in [-0.05, 0) is 55.3 Å². The zero-order valence-electron chi connectivity index (χ0n) is 14.9. The molecule has 0 aliphatic carbocycles. The van der Waals surface area contributed by atoms with Crippen LogP contribution in [0.4, 0.5) is 11.6 Å². The Labute approximate surface area is 152 Å². The molecule has 3 aromatic rings. The van der Waals surface area contributed by atoms with Gasteiger partial charge in [-0.3, -0.25) is 9.78 Å². The summed E-state index contributed by atoms with van der Waals surface area (Å²) in [6.45, 7) is 2.80. The monoisotopic (exact) mass is 347 g/mol. The normalized spacial score (nSPS) is 10.4. The second kappa shape index (κ2) is 8.20. The van der Waals surface area contributed by atoms with Crippen LogP contribution in [-0.2, 0) is 6.42 Å². The molecule has 1 N–H and O–H groups in total. The number of hydrogen-bond acceptors (Lipinski definition) is 5. The van der Waals surface area contributed by atoms with Crippen molar-refractivity contribution in [1.82, 2.24) is 15.2 Å². The van der Waals surface area contributed by atoms with Gasteiger partial charge in [-0.25, -0.2) is 0 Å². The lowest BCUT2D eigenvalue weighted by Crippen LogP contribution is -2.22. The van der Waals surface area contributed by atoms with E-state index in [4.69, 9.17) is 0 Å². The van der Waals surface area contributed by atoms with E-state index < -0.39 is 0 Å². The summed E-state index contributed by atoms with van der Waals surface area (Å²) < 4.78 is 0. The molecule has 6 nitrogen and oxygen atoms in total. The maximum absolute atomic E-state index is 12.2. The molecule has 2 aromatic heterocycles. The zero-order valence-corrected chi connectivity index (χ0v) is 14.9. The Balaban J connectivity index is 1.57. The van der Waals surface area contributed by atoms with Crippen LogP contribution in [0.2, 0.25) is 0 Å². The zero-order chi connectivity index (χ0) is 18.4. The second-order valence-corrected chi connectivity index (χ2v) is 6.12. The first-order valence-corrected chi connectivity index (χ1v) is 8.43. The molecular formula is C20H21N5O. The van der Waals surface area contributed by atoms with E-state index in [1.165, 1.54) is 5.56 Å². The van der Waals surface area contributed by atoms with Crippen molar-refractivity contribution in [1.29, 1.82) is 0 Å². The Morgan fingerprint density at radius 1 is 1.00 bits per heavy atom.